The lowest BCUT2D eigenvalue weighted by molar-refractivity contribution is -0.138. The molecule has 0 aliphatic heterocycles. The first-order valence-electron chi connectivity index (χ1n) is 6.30. The molecule has 0 heterocycles. The second kappa shape index (κ2) is 6.08. The predicted molar refractivity (Wildman–Crippen MR) is 65.6 cm³/mol. The third-order valence-electron chi connectivity index (χ3n) is 3.20. The van der Waals surface area contributed by atoms with Gasteiger partial charge in [0.15, 0.2) is 0 Å². The Morgan fingerprint density at radius 3 is 2.58 bits per heavy atom. The van der Waals surface area contributed by atoms with Gasteiger partial charge in [-0.05, 0) is 18.9 Å². The van der Waals surface area contributed by atoms with Crippen LogP contribution in [-0.2, 0) is 17.6 Å². The topological polar surface area (TPSA) is 21.6 Å². The first kappa shape index (κ1) is 13.9. The van der Waals surface area contributed by atoms with Crippen LogP contribution in [0.2, 0.25) is 0 Å². The fourth-order valence-electron chi connectivity index (χ4n) is 2.19. The van der Waals surface area contributed by atoms with Crippen LogP contribution in [0.1, 0.15) is 36.8 Å². The lowest BCUT2D eigenvalue weighted by atomic mass is 10.1. The maximum atomic E-state index is 12.7. The van der Waals surface area contributed by atoms with Crippen molar-refractivity contribution >= 4 is 6.21 Å². The van der Waals surface area contributed by atoms with Gasteiger partial charge in [0.05, 0.1) is 5.56 Å². The molecule has 1 aromatic carbocycles. The average molecular weight is 270 g/mol. The van der Waals surface area contributed by atoms with Gasteiger partial charge in [0.2, 0.25) is 0 Å². The Kier molecular flexibility index (Phi) is 4.45. The SMILES string of the molecule is FC(F)(F)c1ccccc1CO/N=[C]\C1CCCC1. The van der Waals surface area contributed by atoms with Crippen LogP contribution in [0.15, 0.2) is 29.4 Å². The van der Waals surface area contributed by atoms with Gasteiger partial charge in [-0.15, -0.1) is 0 Å². The lowest BCUT2D eigenvalue weighted by Crippen LogP contribution is -2.09. The van der Waals surface area contributed by atoms with Crippen molar-refractivity contribution < 1.29 is 18.0 Å². The van der Waals surface area contributed by atoms with Crippen LogP contribution >= 0.6 is 0 Å². The Bertz CT molecular complexity index is 437. The predicted octanol–water partition coefficient (Wildman–Crippen LogP) is 4.28. The highest BCUT2D eigenvalue weighted by Crippen LogP contribution is 2.32. The second-order valence-corrected chi connectivity index (χ2v) is 4.63. The molecule has 0 bridgehead atoms. The number of hydrogen-bond donors (Lipinski definition) is 0. The molecule has 103 valence electrons. The normalized spacial score (nSPS) is 17.2. The number of halogens is 3. The van der Waals surface area contributed by atoms with Gasteiger partial charge >= 0.3 is 6.18 Å². The fraction of sp³-hybridized carbons (Fsp3) is 0.500. The van der Waals surface area contributed by atoms with E-state index in [0.29, 0.717) is 0 Å². The van der Waals surface area contributed by atoms with E-state index in [2.05, 4.69) is 11.4 Å². The molecule has 0 amide bonds. The van der Waals surface area contributed by atoms with E-state index in [0.717, 1.165) is 31.7 Å². The minimum atomic E-state index is -4.36. The molecule has 2 nitrogen and oxygen atoms in total. The summed E-state index contributed by atoms with van der Waals surface area (Å²) in [5, 5.41) is 3.65. The van der Waals surface area contributed by atoms with Gasteiger partial charge in [-0.2, -0.15) is 13.2 Å². The molecule has 19 heavy (non-hydrogen) atoms. The summed E-state index contributed by atoms with van der Waals surface area (Å²) in [5.41, 5.74) is -0.585. The van der Waals surface area contributed by atoms with E-state index in [1.54, 1.807) is 6.07 Å². The Labute approximate surface area is 110 Å². The van der Waals surface area contributed by atoms with E-state index in [4.69, 9.17) is 4.84 Å². The molecule has 0 spiro atoms. The molecular weight excluding hydrogens is 255 g/mol. The summed E-state index contributed by atoms with van der Waals surface area (Å²) in [6, 6.07) is 5.36. The molecule has 0 saturated heterocycles. The van der Waals surface area contributed by atoms with Crippen LogP contribution < -0.4 is 0 Å². The van der Waals surface area contributed by atoms with Gasteiger partial charge in [0.1, 0.15) is 12.8 Å². The molecule has 0 unspecified atom stereocenters. The van der Waals surface area contributed by atoms with Crippen molar-refractivity contribution in [3.8, 4) is 0 Å². The van der Waals surface area contributed by atoms with Crippen LogP contribution in [-0.4, -0.2) is 6.21 Å². The summed E-state index contributed by atoms with van der Waals surface area (Å²) in [6.45, 7) is -0.185. The molecule has 2 rings (SSSR count). The lowest BCUT2D eigenvalue weighted by Gasteiger charge is -2.11. The largest absolute Gasteiger partial charge is 0.416 e. The number of rotatable bonds is 4. The fourth-order valence-corrected chi connectivity index (χ4v) is 2.19. The van der Waals surface area contributed by atoms with E-state index < -0.39 is 11.7 Å². The van der Waals surface area contributed by atoms with E-state index in [1.807, 2.05) is 0 Å². The summed E-state index contributed by atoms with van der Waals surface area (Å²) >= 11 is 0. The second-order valence-electron chi connectivity index (χ2n) is 4.63. The van der Waals surface area contributed by atoms with E-state index in [1.165, 1.54) is 12.1 Å². The van der Waals surface area contributed by atoms with Crippen molar-refractivity contribution in [2.45, 2.75) is 38.5 Å². The molecule has 1 aliphatic carbocycles. The van der Waals surface area contributed by atoms with E-state index in [-0.39, 0.29) is 18.1 Å². The highest BCUT2D eigenvalue weighted by Gasteiger charge is 2.32. The Balaban J connectivity index is 1.92. The molecule has 5 heteroatoms. The summed E-state index contributed by atoms with van der Waals surface area (Å²) in [5.74, 6) is 0.290. The zero-order valence-corrected chi connectivity index (χ0v) is 10.4. The van der Waals surface area contributed by atoms with Gasteiger partial charge in [-0.25, -0.2) is 0 Å². The van der Waals surface area contributed by atoms with Crippen LogP contribution in [0.5, 0.6) is 0 Å². The van der Waals surface area contributed by atoms with Crippen LogP contribution in [0.3, 0.4) is 0 Å². The van der Waals surface area contributed by atoms with Crippen LogP contribution in [0.25, 0.3) is 0 Å². The van der Waals surface area contributed by atoms with Crippen molar-refractivity contribution in [2.75, 3.05) is 0 Å². The number of alkyl halides is 3. The third-order valence-corrected chi connectivity index (χ3v) is 3.20. The molecule has 1 fully saturated rings. The van der Waals surface area contributed by atoms with Crippen molar-refractivity contribution in [1.29, 1.82) is 0 Å². The van der Waals surface area contributed by atoms with Gasteiger partial charge in [0, 0.05) is 11.5 Å². The smallest absolute Gasteiger partial charge is 0.391 e. The maximum Gasteiger partial charge on any atom is 0.416 e. The summed E-state index contributed by atoms with van der Waals surface area (Å²) < 4.78 is 38.1. The first-order valence-corrected chi connectivity index (χ1v) is 6.30. The maximum absolute atomic E-state index is 12.7. The Hall–Kier alpha value is -1.52. The number of hydrogen-bond acceptors (Lipinski definition) is 2. The summed E-state index contributed by atoms with van der Waals surface area (Å²) in [7, 11) is 0. The Morgan fingerprint density at radius 1 is 1.21 bits per heavy atom. The zero-order chi connectivity index (χ0) is 13.7. The average Bonchev–Trinajstić information content (AvgIpc) is 2.87. The highest BCUT2D eigenvalue weighted by atomic mass is 19.4. The van der Waals surface area contributed by atoms with Gasteiger partial charge in [-0.3, -0.25) is 0 Å². The van der Waals surface area contributed by atoms with Crippen molar-refractivity contribution in [3.05, 3.63) is 35.4 Å². The molecular formula is C14H15F3NO. The van der Waals surface area contributed by atoms with Crippen LogP contribution in [0, 0.1) is 5.92 Å². The van der Waals surface area contributed by atoms with Crippen molar-refractivity contribution in [3.63, 3.8) is 0 Å². The minimum Gasteiger partial charge on any atom is -0.391 e. The molecule has 0 aromatic heterocycles. The third kappa shape index (κ3) is 3.98. The highest BCUT2D eigenvalue weighted by molar-refractivity contribution is 5.60. The van der Waals surface area contributed by atoms with Crippen LogP contribution in [0.4, 0.5) is 13.2 Å². The number of benzene rings is 1. The monoisotopic (exact) mass is 270 g/mol. The van der Waals surface area contributed by atoms with Crippen molar-refractivity contribution in [2.24, 2.45) is 11.1 Å². The molecule has 0 N–H and O–H groups in total. The van der Waals surface area contributed by atoms with Gasteiger partial charge in [-0.1, -0.05) is 36.2 Å². The summed E-state index contributed by atoms with van der Waals surface area (Å²) in [4.78, 5) is 4.93. The first-order chi connectivity index (χ1) is 9.07. The van der Waals surface area contributed by atoms with Gasteiger partial charge in [0.25, 0.3) is 0 Å². The quantitative estimate of drug-likeness (QED) is 0.591. The standard InChI is InChI=1S/C14H15F3NO/c15-14(16,17)13-8-4-3-7-12(13)10-19-18-9-11-5-1-2-6-11/h3-4,7-8,11H,1-2,5-6,10H2. The summed E-state index contributed by atoms with van der Waals surface area (Å²) in [6.07, 6.45) is 2.85. The zero-order valence-electron chi connectivity index (χ0n) is 10.4. The van der Waals surface area contributed by atoms with E-state index >= 15 is 0 Å². The number of nitrogens with zero attached hydrogens (tertiary/aromatic N) is 1. The minimum absolute atomic E-state index is 0.0898. The molecule has 1 aromatic rings. The molecule has 1 radical (unpaired) electrons. The molecule has 0 atom stereocenters. The Morgan fingerprint density at radius 2 is 1.89 bits per heavy atom. The molecule has 1 aliphatic rings. The molecule has 1 saturated carbocycles. The van der Waals surface area contributed by atoms with Gasteiger partial charge < -0.3 is 4.84 Å². The van der Waals surface area contributed by atoms with Crippen molar-refractivity contribution in [1.82, 2.24) is 0 Å². The van der Waals surface area contributed by atoms with E-state index in [9.17, 15) is 13.2 Å².